The van der Waals surface area contributed by atoms with Crippen LogP contribution in [-0.4, -0.2) is 7.05 Å². The SMILES string of the molecule is CNc1c2c(c(Br)c3c1CCC3)CCC2. The molecule has 0 saturated heterocycles. The Morgan fingerprint density at radius 3 is 1.80 bits per heavy atom. The zero-order valence-corrected chi connectivity index (χ0v) is 10.7. The molecule has 1 N–H and O–H groups in total. The molecule has 0 amide bonds. The topological polar surface area (TPSA) is 12.0 Å². The maximum absolute atomic E-state index is 3.82. The van der Waals surface area contributed by atoms with Gasteiger partial charge in [-0.05, 0) is 60.8 Å². The maximum Gasteiger partial charge on any atom is 0.0409 e. The summed E-state index contributed by atoms with van der Waals surface area (Å²) in [6.45, 7) is 0. The summed E-state index contributed by atoms with van der Waals surface area (Å²) in [5.41, 5.74) is 7.80. The smallest absolute Gasteiger partial charge is 0.0409 e. The highest BCUT2D eigenvalue weighted by molar-refractivity contribution is 9.10. The normalized spacial score (nSPS) is 17.7. The second-order valence-corrected chi connectivity index (χ2v) is 5.35. The molecule has 2 aliphatic carbocycles. The van der Waals surface area contributed by atoms with Crippen LogP contribution >= 0.6 is 15.9 Å². The molecule has 0 unspecified atom stereocenters. The van der Waals surface area contributed by atoms with E-state index < -0.39 is 0 Å². The van der Waals surface area contributed by atoms with Crippen LogP contribution in [0.1, 0.15) is 35.1 Å². The van der Waals surface area contributed by atoms with Crippen molar-refractivity contribution >= 4 is 21.6 Å². The molecular weight excluding hydrogens is 250 g/mol. The lowest BCUT2D eigenvalue weighted by molar-refractivity contribution is 0.895. The van der Waals surface area contributed by atoms with E-state index in [2.05, 4.69) is 28.3 Å². The van der Waals surface area contributed by atoms with Gasteiger partial charge in [0.05, 0.1) is 0 Å². The van der Waals surface area contributed by atoms with Gasteiger partial charge in [0.15, 0.2) is 0 Å². The molecule has 3 rings (SSSR count). The Labute approximate surface area is 99.4 Å². The Bertz CT molecular complexity index is 388. The molecule has 0 fully saturated rings. The summed E-state index contributed by atoms with van der Waals surface area (Å²) in [6, 6.07) is 0. The molecule has 0 aromatic heterocycles. The average molecular weight is 266 g/mol. The van der Waals surface area contributed by atoms with Crippen LogP contribution in [0, 0.1) is 0 Å². The number of nitrogens with one attached hydrogen (secondary N) is 1. The molecule has 0 radical (unpaired) electrons. The van der Waals surface area contributed by atoms with Crippen molar-refractivity contribution in [3.05, 3.63) is 26.7 Å². The third kappa shape index (κ3) is 1.27. The van der Waals surface area contributed by atoms with Crippen LogP contribution in [0.4, 0.5) is 5.69 Å². The Morgan fingerprint density at radius 2 is 1.33 bits per heavy atom. The van der Waals surface area contributed by atoms with E-state index >= 15 is 0 Å². The van der Waals surface area contributed by atoms with Crippen LogP contribution in [0.25, 0.3) is 0 Å². The van der Waals surface area contributed by atoms with Crippen molar-refractivity contribution in [3.63, 3.8) is 0 Å². The molecule has 80 valence electrons. The molecule has 0 saturated carbocycles. The molecular formula is C13H16BrN. The van der Waals surface area contributed by atoms with Crippen LogP contribution in [0.2, 0.25) is 0 Å². The van der Waals surface area contributed by atoms with Gasteiger partial charge in [-0.3, -0.25) is 0 Å². The van der Waals surface area contributed by atoms with Gasteiger partial charge in [0.25, 0.3) is 0 Å². The van der Waals surface area contributed by atoms with Crippen LogP contribution in [0.15, 0.2) is 4.47 Å². The summed E-state index contributed by atoms with van der Waals surface area (Å²) in [5.74, 6) is 0. The minimum atomic E-state index is 1.26. The zero-order valence-electron chi connectivity index (χ0n) is 9.12. The first kappa shape index (κ1) is 9.71. The van der Waals surface area contributed by atoms with Gasteiger partial charge < -0.3 is 5.32 Å². The van der Waals surface area contributed by atoms with Crippen molar-refractivity contribution in [3.8, 4) is 0 Å². The third-order valence-electron chi connectivity index (χ3n) is 3.82. The highest BCUT2D eigenvalue weighted by Crippen LogP contribution is 2.43. The van der Waals surface area contributed by atoms with Crippen molar-refractivity contribution in [2.45, 2.75) is 38.5 Å². The van der Waals surface area contributed by atoms with Gasteiger partial charge in [-0.15, -0.1) is 0 Å². The van der Waals surface area contributed by atoms with E-state index in [-0.39, 0.29) is 0 Å². The standard InChI is InChI=1S/C13H16BrN/c1-15-13-10-6-2-4-8(10)12(14)9-5-3-7-11(9)13/h15H,2-7H2,1H3. The number of hydrogen-bond donors (Lipinski definition) is 1. The third-order valence-corrected chi connectivity index (χ3v) is 4.78. The van der Waals surface area contributed by atoms with Crippen molar-refractivity contribution in [2.75, 3.05) is 12.4 Å². The highest BCUT2D eigenvalue weighted by atomic mass is 79.9. The first-order valence-corrected chi connectivity index (χ1v) is 6.65. The van der Waals surface area contributed by atoms with Crippen molar-refractivity contribution < 1.29 is 0 Å². The molecule has 2 heteroatoms. The van der Waals surface area contributed by atoms with E-state index in [0.29, 0.717) is 0 Å². The number of halogens is 1. The van der Waals surface area contributed by atoms with Crippen molar-refractivity contribution in [1.29, 1.82) is 0 Å². The predicted molar refractivity (Wildman–Crippen MR) is 67.7 cm³/mol. The fourth-order valence-corrected chi connectivity index (χ4v) is 4.06. The molecule has 0 spiro atoms. The molecule has 0 bridgehead atoms. The first-order chi connectivity index (χ1) is 7.33. The van der Waals surface area contributed by atoms with E-state index in [1.54, 1.807) is 22.3 Å². The Balaban J connectivity index is 2.31. The summed E-state index contributed by atoms with van der Waals surface area (Å²) in [7, 11) is 2.07. The summed E-state index contributed by atoms with van der Waals surface area (Å²) in [5, 5.41) is 3.43. The minimum Gasteiger partial charge on any atom is -0.388 e. The summed E-state index contributed by atoms with van der Waals surface area (Å²) in [6.07, 6.45) is 7.70. The number of anilines is 1. The molecule has 1 aromatic rings. The van der Waals surface area contributed by atoms with Gasteiger partial charge in [-0.25, -0.2) is 0 Å². The number of rotatable bonds is 1. The monoisotopic (exact) mass is 265 g/mol. The molecule has 0 atom stereocenters. The molecule has 0 aliphatic heterocycles. The Hall–Kier alpha value is -0.500. The van der Waals surface area contributed by atoms with Crippen LogP contribution in [0.5, 0.6) is 0 Å². The van der Waals surface area contributed by atoms with Gasteiger partial charge in [0.2, 0.25) is 0 Å². The summed E-state index contributed by atoms with van der Waals surface area (Å²) in [4.78, 5) is 0. The van der Waals surface area contributed by atoms with Gasteiger partial charge in [-0.1, -0.05) is 15.9 Å². The maximum atomic E-state index is 3.82. The van der Waals surface area contributed by atoms with Crippen molar-refractivity contribution in [1.82, 2.24) is 0 Å². The molecule has 15 heavy (non-hydrogen) atoms. The lowest BCUT2D eigenvalue weighted by Crippen LogP contribution is -2.02. The fraction of sp³-hybridized carbons (Fsp3) is 0.538. The van der Waals surface area contributed by atoms with E-state index in [1.165, 1.54) is 48.7 Å². The van der Waals surface area contributed by atoms with E-state index in [4.69, 9.17) is 0 Å². The number of benzene rings is 1. The molecule has 2 aliphatic rings. The molecule has 1 nitrogen and oxygen atoms in total. The van der Waals surface area contributed by atoms with E-state index in [0.717, 1.165) is 0 Å². The van der Waals surface area contributed by atoms with Gasteiger partial charge >= 0.3 is 0 Å². The van der Waals surface area contributed by atoms with Gasteiger partial charge in [-0.2, -0.15) is 0 Å². The first-order valence-electron chi connectivity index (χ1n) is 5.85. The van der Waals surface area contributed by atoms with E-state index in [1.807, 2.05) is 0 Å². The largest absolute Gasteiger partial charge is 0.388 e. The lowest BCUT2D eigenvalue weighted by atomic mass is 9.99. The number of hydrogen-bond acceptors (Lipinski definition) is 1. The minimum absolute atomic E-state index is 1.26. The quantitative estimate of drug-likeness (QED) is 0.820. The summed E-state index contributed by atoms with van der Waals surface area (Å²) < 4.78 is 1.43. The van der Waals surface area contributed by atoms with Crippen LogP contribution in [-0.2, 0) is 25.7 Å². The highest BCUT2D eigenvalue weighted by Gasteiger charge is 2.26. The van der Waals surface area contributed by atoms with Crippen LogP contribution in [0.3, 0.4) is 0 Å². The van der Waals surface area contributed by atoms with Gasteiger partial charge in [0, 0.05) is 17.2 Å². The van der Waals surface area contributed by atoms with Crippen LogP contribution < -0.4 is 5.32 Å². The second-order valence-electron chi connectivity index (χ2n) is 4.56. The van der Waals surface area contributed by atoms with E-state index in [9.17, 15) is 0 Å². The second kappa shape index (κ2) is 3.51. The summed E-state index contributed by atoms with van der Waals surface area (Å²) >= 11 is 3.82. The molecule has 1 aromatic carbocycles. The predicted octanol–water partition coefficient (Wildman–Crippen LogP) is 3.47. The average Bonchev–Trinajstić information content (AvgIpc) is 2.85. The number of fused-ring (bicyclic) bond motifs is 2. The van der Waals surface area contributed by atoms with Crippen molar-refractivity contribution in [2.24, 2.45) is 0 Å². The van der Waals surface area contributed by atoms with Gasteiger partial charge in [0.1, 0.15) is 0 Å². The zero-order chi connectivity index (χ0) is 10.4. The fourth-order valence-electron chi connectivity index (χ4n) is 3.19. The lowest BCUT2D eigenvalue weighted by Gasteiger charge is -2.16. The Morgan fingerprint density at radius 1 is 0.867 bits per heavy atom. The molecule has 0 heterocycles. The Kier molecular flexibility index (Phi) is 2.27.